The number of benzene rings is 2. The minimum Gasteiger partial charge on any atom is -0.480 e. The quantitative estimate of drug-likeness (QED) is 0.565. The number of hydrogen-bond acceptors (Lipinski definition) is 5. The van der Waals surface area contributed by atoms with E-state index in [1.165, 1.54) is 0 Å². The SMILES string of the molecule is COc1nc2ccccc2cc1-c1noc(-c2ccccc2C)n1. The number of nitrogens with zero attached hydrogens (tertiary/aromatic N) is 3. The fourth-order valence-corrected chi connectivity index (χ4v) is 2.67. The monoisotopic (exact) mass is 317 g/mol. The molecule has 0 spiro atoms. The van der Waals surface area contributed by atoms with Gasteiger partial charge in [0.2, 0.25) is 11.7 Å². The fraction of sp³-hybridized carbons (Fsp3) is 0.105. The highest BCUT2D eigenvalue weighted by Crippen LogP contribution is 2.31. The molecule has 2 heterocycles. The van der Waals surface area contributed by atoms with E-state index < -0.39 is 0 Å². The van der Waals surface area contributed by atoms with Gasteiger partial charge in [0.05, 0.1) is 18.2 Å². The van der Waals surface area contributed by atoms with Gasteiger partial charge >= 0.3 is 0 Å². The Morgan fingerprint density at radius 1 is 0.917 bits per heavy atom. The van der Waals surface area contributed by atoms with Crippen LogP contribution in [0.2, 0.25) is 0 Å². The van der Waals surface area contributed by atoms with Crippen LogP contribution in [0.15, 0.2) is 59.1 Å². The minimum atomic E-state index is 0.461. The number of methoxy groups -OCH3 is 1. The second-order valence-electron chi connectivity index (χ2n) is 5.48. The van der Waals surface area contributed by atoms with Gasteiger partial charge in [-0.2, -0.15) is 4.98 Å². The third kappa shape index (κ3) is 2.40. The van der Waals surface area contributed by atoms with Crippen molar-refractivity contribution in [3.05, 3.63) is 60.2 Å². The maximum Gasteiger partial charge on any atom is 0.258 e. The summed E-state index contributed by atoms with van der Waals surface area (Å²) in [6.45, 7) is 2.01. The lowest BCUT2D eigenvalue weighted by Gasteiger charge is -2.06. The van der Waals surface area contributed by atoms with Gasteiger partial charge in [0.25, 0.3) is 5.89 Å². The summed E-state index contributed by atoms with van der Waals surface area (Å²) in [6.07, 6.45) is 0. The number of pyridine rings is 1. The maximum atomic E-state index is 5.45. The number of aryl methyl sites for hydroxylation is 1. The van der Waals surface area contributed by atoms with Crippen LogP contribution >= 0.6 is 0 Å². The van der Waals surface area contributed by atoms with Crippen molar-refractivity contribution in [3.8, 4) is 28.7 Å². The molecule has 0 fully saturated rings. The Morgan fingerprint density at radius 3 is 2.54 bits per heavy atom. The number of hydrogen-bond donors (Lipinski definition) is 0. The molecule has 5 nitrogen and oxygen atoms in total. The Morgan fingerprint density at radius 2 is 1.71 bits per heavy atom. The van der Waals surface area contributed by atoms with Gasteiger partial charge in [0, 0.05) is 10.9 Å². The van der Waals surface area contributed by atoms with Gasteiger partial charge in [-0.1, -0.05) is 41.6 Å². The predicted octanol–water partition coefficient (Wildman–Crippen LogP) is 4.27. The van der Waals surface area contributed by atoms with Crippen molar-refractivity contribution in [3.63, 3.8) is 0 Å². The van der Waals surface area contributed by atoms with Crippen molar-refractivity contribution < 1.29 is 9.26 Å². The molecule has 0 aliphatic rings. The molecule has 0 unspecified atom stereocenters. The molecule has 5 heteroatoms. The molecule has 118 valence electrons. The van der Waals surface area contributed by atoms with Crippen molar-refractivity contribution in [1.82, 2.24) is 15.1 Å². The zero-order valence-corrected chi connectivity index (χ0v) is 13.4. The number of fused-ring (bicyclic) bond motifs is 1. The van der Waals surface area contributed by atoms with Crippen LogP contribution in [0.4, 0.5) is 0 Å². The molecule has 2 aromatic heterocycles. The van der Waals surface area contributed by atoms with Crippen molar-refractivity contribution in [2.75, 3.05) is 7.11 Å². The standard InChI is InChI=1S/C19H15N3O2/c1-12-7-3-5-9-14(12)19-21-17(22-24-19)15-11-13-8-4-6-10-16(13)20-18(15)23-2/h3-11H,1-2H3. The van der Waals surface area contributed by atoms with Gasteiger partial charge in [0.1, 0.15) is 0 Å². The first kappa shape index (κ1) is 14.4. The molecular formula is C19H15N3O2. The molecule has 0 saturated heterocycles. The molecule has 0 amide bonds. The van der Waals surface area contributed by atoms with Crippen LogP contribution in [0.25, 0.3) is 33.7 Å². The van der Waals surface area contributed by atoms with E-state index in [4.69, 9.17) is 9.26 Å². The Balaban J connectivity index is 1.85. The van der Waals surface area contributed by atoms with E-state index in [0.717, 1.165) is 22.0 Å². The second-order valence-corrected chi connectivity index (χ2v) is 5.48. The van der Waals surface area contributed by atoms with E-state index in [1.54, 1.807) is 7.11 Å². The maximum absolute atomic E-state index is 5.45. The molecule has 24 heavy (non-hydrogen) atoms. The van der Waals surface area contributed by atoms with E-state index in [1.807, 2.05) is 61.5 Å². The van der Waals surface area contributed by atoms with Crippen LogP contribution in [0, 0.1) is 6.92 Å². The summed E-state index contributed by atoms with van der Waals surface area (Å²) in [5, 5.41) is 5.11. The van der Waals surface area contributed by atoms with E-state index in [9.17, 15) is 0 Å². The van der Waals surface area contributed by atoms with Crippen molar-refractivity contribution in [1.29, 1.82) is 0 Å². The zero-order valence-electron chi connectivity index (χ0n) is 13.4. The van der Waals surface area contributed by atoms with Crippen molar-refractivity contribution >= 4 is 10.9 Å². The molecule has 0 aliphatic heterocycles. The average Bonchev–Trinajstić information content (AvgIpc) is 3.10. The highest BCUT2D eigenvalue weighted by Gasteiger charge is 2.17. The van der Waals surface area contributed by atoms with E-state index >= 15 is 0 Å². The molecule has 0 radical (unpaired) electrons. The third-order valence-corrected chi connectivity index (χ3v) is 3.92. The third-order valence-electron chi connectivity index (χ3n) is 3.92. The summed E-state index contributed by atoms with van der Waals surface area (Å²) in [6, 6.07) is 17.7. The van der Waals surface area contributed by atoms with Crippen LogP contribution in [0.1, 0.15) is 5.56 Å². The van der Waals surface area contributed by atoms with Crippen LogP contribution in [-0.2, 0) is 0 Å². The van der Waals surface area contributed by atoms with Crippen molar-refractivity contribution in [2.45, 2.75) is 6.92 Å². The van der Waals surface area contributed by atoms with Gasteiger partial charge in [0.15, 0.2) is 0 Å². The Kier molecular flexibility index (Phi) is 3.46. The molecule has 4 rings (SSSR count). The van der Waals surface area contributed by atoms with Gasteiger partial charge in [-0.3, -0.25) is 0 Å². The smallest absolute Gasteiger partial charge is 0.258 e. The molecule has 0 atom stereocenters. The number of para-hydroxylation sites is 1. The Bertz CT molecular complexity index is 1020. The van der Waals surface area contributed by atoms with E-state index in [-0.39, 0.29) is 0 Å². The summed E-state index contributed by atoms with van der Waals surface area (Å²) >= 11 is 0. The Labute approximate surface area is 138 Å². The summed E-state index contributed by atoms with van der Waals surface area (Å²) < 4.78 is 10.9. The molecule has 0 saturated carbocycles. The van der Waals surface area contributed by atoms with Crippen molar-refractivity contribution in [2.24, 2.45) is 0 Å². The van der Waals surface area contributed by atoms with Crippen LogP contribution in [0.5, 0.6) is 5.88 Å². The molecular weight excluding hydrogens is 302 g/mol. The lowest BCUT2D eigenvalue weighted by Crippen LogP contribution is -1.94. The first-order valence-electron chi connectivity index (χ1n) is 7.60. The summed E-state index contributed by atoms with van der Waals surface area (Å²) in [7, 11) is 1.59. The lowest BCUT2D eigenvalue weighted by atomic mass is 10.1. The summed E-state index contributed by atoms with van der Waals surface area (Å²) in [5.41, 5.74) is 3.57. The average molecular weight is 317 g/mol. The summed E-state index contributed by atoms with van der Waals surface area (Å²) in [5.74, 6) is 1.42. The van der Waals surface area contributed by atoms with Gasteiger partial charge < -0.3 is 9.26 Å². The first-order chi connectivity index (χ1) is 11.8. The first-order valence-corrected chi connectivity index (χ1v) is 7.60. The van der Waals surface area contributed by atoms with Crippen LogP contribution < -0.4 is 4.74 Å². The second kappa shape index (κ2) is 5.77. The molecule has 0 aliphatic carbocycles. The molecule has 0 N–H and O–H groups in total. The zero-order chi connectivity index (χ0) is 16.5. The predicted molar refractivity (Wildman–Crippen MR) is 91.8 cm³/mol. The van der Waals surface area contributed by atoms with Gasteiger partial charge in [-0.05, 0) is 30.7 Å². The van der Waals surface area contributed by atoms with Gasteiger partial charge in [-0.25, -0.2) is 4.98 Å². The lowest BCUT2D eigenvalue weighted by molar-refractivity contribution is 0.399. The normalized spacial score (nSPS) is 10.9. The number of rotatable bonds is 3. The van der Waals surface area contributed by atoms with Gasteiger partial charge in [-0.15, -0.1) is 0 Å². The minimum absolute atomic E-state index is 0.461. The van der Waals surface area contributed by atoms with Crippen LogP contribution in [0.3, 0.4) is 0 Å². The largest absolute Gasteiger partial charge is 0.480 e. The highest BCUT2D eigenvalue weighted by molar-refractivity contribution is 5.85. The topological polar surface area (TPSA) is 61.0 Å². The summed E-state index contributed by atoms with van der Waals surface area (Å²) in [4.78, 5) is 9.05. The van der Waals surface area contributed by atoms with Crippen LogP contribution in [-0.4, -0.2) is 22.2 Å². The Hall–Kier alpha value is -3.21. The molecule has 4 aromatic rings. The molecule has 0 bridgehead atoms. The van der Waals surface area contributed by atoms with E-state index in [2.05, 4.69) is 15.1 Å². The highest BCUT2D eigenvalue weighted by atomic mass is 16.5. The fourth-order valence-electron chi connectivity index (χ4n) is 2.67. The number of ether oxygens (including phenoxy) is 1. The number of aromatic nitrogens is 3. The molecule has 2 aromatic carbocycles. The van der Waals surface area contributed by atoms with E-state index in [0.29, 0.717) is 23.2 Å².